The molecule has 0 atom stereocenters. The van der Waals surface area contributed by atoms with E-state index in [1.807, 2.05) is 24.3 Å². The first-order valence-corrected chi connectivity index (χ1v) is 10.9. The molecule has 4 nitrogen and oxygen atoms in total. The molecule has 2 aliphatic rings. The van der Waals surface area contributed by atoms with Crippen molar-refractivity contribution in [2.45, 2.75) is 12.8 Å². The van der Waals surface area contributed by atoms with Gasteiger partial charge >= 0.3 is 5.82 Å². The molecule has 0 bridgehead atoms. The fourth-order valence-electron chi connectivity index (χ4n) is 4.95. The summed E-state index contributed by atoms with van der Waals surface area (Å²) in [5.74, 6) is -0.792. The molecule has 5 rings (SSSR count). The van der Waals surface area contributed by atoms with Crippen molar-refractivity contribution in [3.63, 3.8) is 0 Å². The quantitative estimate of drug-likeness (QED) is 0.375. The van der Waals surface area contributed by atoms with Crippen LogP contribution in [0, 0.1) is 47.4 Å². The van der Waals surface area contributed by atoms with Crippen LogP contribution in [-0.2, 0) is 12.8 Å². The Bertz CT molecular complexity index is 1650. The van der Waals surface area contributed by atoms with Gasteiger partial charge in [0.2, 0.25) is 0 Å². The van der Waals surface area contributed by atoms with Gasteiger partial charge in [-0.05, 0) is 86.2 Å². The van der Waals surface area contributed by atoms with Crippen molar-refractivity contribution in [3.8, 4) is 34.4 Å². The summed E-state index contributed by atoms with van der Waals surface area (Å²) in [5.41, 5.74) is 5.95. The smallest absolute Gasteiger partial charge is 0.207 e. The lowest BCUT2D eigenvalue weighted by Gasteiger charge is -2.16. The summed E-state index contributed by atoms with van der Waals surface area (Å²) < 4.78 is 27.6. The van der Waals surface area contributed by atoms with Gasteiger partial charge in [-0.15, -0.1) is 0 Å². The number of rotatable bonds is 2. The van der Waals surface area contributed by atoms with Crippen molar-refractivity contribution in [3.05, 3.63) is 127 Å². The lowest BCUT2D eigenvalue weighted by atomic mass is 9.87. The van der Waals surface area contributed by atoms with Crippen molar-refractivity contribution in [1.29, 1.82) is 10.5 Å². The standard InChI is InChI=1S/C30H14F2N4/c1-35-30(36-2)20-13-26-27(14-20)29(18-5-9-23(32)10-6-18)25-12-19(21(15-33)16-34)11-24(25)28(26)17-3-7-22(31)8-4-17/h3-11,14H,12-13H2. The van der Waals surface area contributed by atoms with Gasteiger partial charge in [-0.3, -0.25) is 0 Å². The Balaban J connectivity index is 1.97. The second-order valence-electron chi connectivity index (χ2n) is 8.39. The monoisotopic (exact) mass is 468 g/mol. The van der Waals surface area contributed by atoms with Crippen molar-refractivity contribution in [1.82, 2.24) is 0 Å². The molecule has 0 fully saturated rings. The zero-order valence-corrected chi connectivity index (χ0v) is 18.7. The minimum atomic E-state index is -0.383. The van der Waals surface area contributed by atoms with E-state index < -0.39 is 0 Å². The predicted molar refractivity (Wildman–Crippen MR) is 131 cm³/mol. The number of nitrogens with zero attached hydrogens (tertiary/aromatic N) is 4. The van der Waals surface area contributed by atoms with Crippen LogP contribution in [0.3, 0.4) is 0 Å². The third kappa shape index (κ3) is 3.56. The number of benzene rings is 3. The van der Waals surface area contributed by atoms with Crippen LogP contribution < -0.4 is 10.4 Å². The van der Waals surface area contributed by atoms with Gasteiger partial charge in [-0.1, -0.05) is 30.3 Å². The highest BCUT2D eigenvalue weighted by atomic mass is 19.1. The number of hydrogen-bond donors (Lipinski definition) is 0. The highest BCUT2D eigenvalue weighted by Crippen LogP contribution is 2.35. The molecule has 0 unspecified atom stereocenters. The Labute approximate surface area is 205 Å². The minimum Gasteiger partial charge on any atom is -0.207 e. The fraction of sp³-hybridized carbons (Fsp3) is 0.0667. The van der Waals surface area contributed by atoms with Crippen molar-refractivity contribution >= 4 is 12.2 Å². The van der Waals surface area contributed by atoms with Crippen LogP contribution in [0.1, 0.15) is 11.1 Å². The minimum absolute atomic E-state index is 0.00864. The molecule has 0 aromatic heterocycles. The van der Waals surface area contributed by atoms with Crippen LogP contribution >= 0.6 is 0 Å². The number of allylic oxidation sites excluding steroid dienone is 3. The average Bonchev–Trinajstić information content (AvgIpc) is 3.50. The number of nitriles is 2. The van der Waals surface area contributed by atoms with E-state index in [1.165, 1.54) is 24.3 Å². The molecule has 0 spiro atoms. The van der Waals surface area contributed by atoms with Gasteiger partial charge < -0.3 is 0 Å². The van der Waals surface area contributed by atoms with Gasteiger partial charge in [0, 0.05) is 6.42 Å². The number of halogens is 2. The van der Waals surface area contributed by atoms with E-state index in [1.54, 1.807) is 24.3 Å². The molecule has 168 valence electrons. The highest BCUT2D eigenvalue weighted by molar-refractivity contribution is 5.87. The molecule has 36 heavy (non-hydrogen) atoms. The molecule has 0 N–H and O–H groups in total. The van der Waals surface area contributed by atoms with Crippen molar-refractivity contribution in [2.75, 3.05) is 0 Å². The first-order valence-electron chi connectivity index (χ1n) is 10.9. The molecular weight excluding hydrogens is 454 g/mol. The van der Waals surface area contributed by atoms with Gasteiger partial charge in [0.05, 0.1) is 5.57 Å². The van der Waals surface area contributed by atoms with E-state index in [4.69, 9.17) is 13.1 Å². The molecule has 3 aromatic carbocycles. The summed E-state index contributed by atoms with van der Waals surface area (Å²) in [6.45, 7) is 14.9. The number of fused-ring (bicyclic) bond motifs is 2. The molecule has 0 amide bonds. The van der Waals surface area contributed by atoms with Gasteiger partial charge in [0.1, 0.15) is 42.5 Å². The fourth-order valence-corrected chi connectivity index (χ4v) is 4.95. The lowest BCUT2D eigenvalue weighted by Crippen LogP contribution is -2.22. The van der Waals surface area contributed by atoms with E-state index in [-0.39, 0.29) is 23.0 Å². The molecule has 0 saturated carbocycles. The molecular formula is C30H14F2N4. The van der Waals surface area contributed by atoms with Crippen LogP contribution in [-0.4, -0.2) is 0 Å². The second-order valence-corrected chi connectivity index (χ2v) is 8.39. The Morgan fingerprint density at radius 1 is 0.694 bits per heavy atom. The molecule has 0 radical (unpaired) electrons. The maximum atomic E-state index is 13.8. The first kappa shape index (κ1) is 22.5. The Hall–Kier alpha value is -5.30. The average molecular weight is 468 g/mol. The zero-order chi connectivity index (χ0) is 25.4. The van der Waals surface area contributed by atoms with E-state index in [2.05, 4.69) is 9.69 Å². The van der Waals surface area contributed by atoms with Crippen LogP contribution in [0.15, 0.2) is 71.1 Å². The van der Waals surface area contributed by atoms with Crippen molar-refractivity contribution in [2.24, 2.45) is 0 Å². The largest absolute Gasteiger partial charge is 0.522 e. The predicted octanol–water partition coefficient (Wildman–Crippen LogP) is 5.37. The van der Waals surface area contributed by atoms with Crippen LogP contribution in [0.4, 0.5) is 8.78 Å². The third-order valence-corrected chi connectivity index (χ3v) is 6.47. The molecule has 0 heterocycles. The topological polar surface area (TPSA) is 56.3 Å². The van der Waals surface area contributed by atoms with Crippen LogP contribution in [0.5, 0.6) is 0 Å². The van der Waals surface area contributed by atoms with E-state index in [0.29, 0.717) is 24.0 Å². The Kier molecular flexibility index (Phi) is 5.50. The maximum absolute atomic E-state index is 13.8. The zero-order valence-electron chi connectivity index (χ0n) is 18.7. The summed E-state index contributed by atoms with van der Waals surface area (Å²) in [6, 6.07) is 16.0. The highest BCUT2D eigenvalue weighted by Gasteiger charge is 2.29. The molecule has 6 heteroatoms. The Morgan fingerprint density at radius 2 is 1.11 bits per heavy atom. The molecule has 2 aliphatic carbocycles. The second kappa shape index (κ2) is 8.81. The SMILES string of the molecule is [C-]#[N+]C([N+]#[C-])=C1C=c2c(c(-c3ccc(F)cc3)c3c(c2-c2ccc(F)cc2)CC(=C(C#N)C#N)C=3)C1. The van der Waals surface area contributed by atoms with E-state index in [9.17, 15) is 19.3 Å². The lowest BCUT2D eigenvalue weighted by molar-refractivity contribution is 0.627. The van der Waals surface area contributed by atoms with Gasteiger partial charge in [0.15, 0.2) is 0 Å². The summed E-state index contributed by atoms with van der Waals surface area (Å²) in [6.07, 6.45) is 4.27. The molecule has 0 aliphatic heterocycles. The van der Waals surface area contributed by atoms with Crippen molar-refractivity contribution < 1.29 is 8.78 Å². The van der Waals surface area contributed by atoms with E-state index in [0.717, 1.165) is 43.8 Å². The van der Waals surface area contributed by atoms with E-state index >= 15 is 0 Å². The van der Waals surface area contributed by atoms with Gasteiger partial charge in [0.25, 0.3) is 0 Å². The van der Waals surface area contributed by atoms with Gasteiger partial charge in [-0.25, -0.2) is 8.78 Å². The molecule has 3 aromatic rings. The summed E-state index contributed by atoms with van der Waals surface area (Å²) >= 11 is 0. The summed E-state index contributed by atoms with van der Waals surface area (Å²) in [7, 11) is 0. The van der Waals surface area contributed by atoms with Gasteiger partial charge in [-0.2, -0.15) is 20.2 Å². The first-order chi connectivity index (χ1) is 17.5. The number of hydrogen-bond acceptors (Lipinski definition) is 2. The molecule has 0 saturated heterocycles. The normalized spacial score (nSPS) is 12.7. The van der Waals surface area contributed by atoms with Crippen LogP contribution in [0.2, 0.25) is 0 Å². The van der Waals surface area contributed by atoms with Crippen LogP contribution in [0.25, 0.3) is 44.1 Å². The maximum Gasteiger partial charge on any atom is 0.522 e. The summed E-state index contributed by atoms with van der Waals surface area (Å²) in [5, 5.41) is 20.6. The Morgan fingerprint density at radius 3 is 1.53 bits per heavy atom. The third-order valence-electron chi connectivity index (χ3n) is 6.47. The summed E-state index contributed by atoms with van der Waals surface area (Å²) in [4.78, 5) is 6.79.